The van der Waals surface area contributed by atoms with Crippen molar-refractivity contribution in [3.8, 4) is 0 Å². The summed E-state index contributed by atoms with van der Waals surface area (Å²) >= 11 is 0. The molecule has 0 spiro atoms. The van der Waals surface area contributed by atoms with Gasteiger partial charge >= 0.3 is 11.0 Å². The Hall–Kier alpha value is -2.61. The molecule has 0 atom stereocenters. The smallest absolute Gasteiger partial charge is 0.456 e. The second-order valence-corrected chi connectivity index (χ2v) is 9.53. The molecule has 3 rings (SSSR count). The maximum Gasteiger partial charge on any atom is 0.501 e. The lowest BCUT2D eigenvalue weighted by molar-refractivity contribution is -0.0442. The first-order valence-electron chi connectivity index (χ1n) is 7.21. The molecule has 156 valence electrons. The lowest BCUT2D eigenvalue weighted by Gasteiger charge is -2.10. The predicted molar refractivity (Wildman–Crippen MR) is 86.5 cm³/mol. The van der Waals surface area contributed by atoms with Gasteiger partial charge in [-0.2, -0.15) is 26.3 Å². The van der Waals surface area contributed by atoms with Crippen LogP contribution in [-0.4, -0.2) is 27.9 Å². The molecule has 0 amide bonds. The molecule has 0 fully saturated rings. The van der Waals surface area contributed by atoms with Crippen molar-refractivity contribution in [3.63, 3.8) is 0 Å². The zero-order chi connectivity index (χ0) is 22.0. The van der Waals surface area contributed by atoms with E-state index in [1.165, 1.54) is 0 Å². The van der Waals surface area contributed by atoms with Crippen LogP contribution in [0.3, 0.4) is 0 Å². The molecule has 0 saturated heterocycles. The molecule has 1 heterocycles. The average Bonchev–Trinajstić information content (AvgIpc) is 2.59. The quantitative estimate of drug-likeness (QED) is 0.429. The highest BCUT2D eigenvalue weighted by molar-refractivity contribution is 7.92. The molecule has 0 aliphatic rings. The fourth-order valence-electron chi connectivity index (χ4n) is 2.41. The van der Waals surface area contributed by atoms with Crippen LogP contribution in [0.15, 0.2) is 55.4 Å². The lowest BCUT2D eigenvalue weighted by atomic mass is 10.1. The van der Waals surface area contributed by atoms with Crippen LogP contribution < -0.4 is 5.43 Å². The van der Waals surface area contributed by atoms with Gasteiger partial charge in [0.15, 0.2) is 0 Å². The van der Waals surface area contributed by atoms with Gasteiger partial charge in [-0.05, 0) is 24.3 Å². The minimum Gasteiger partial charge on any atom is -0.456 e. The van der Waals surface area contributed by atoms with Crippen LogP contribution in [0.5, 0.6) is 0 Å². The highest BCUT2D eigenvalue weighted by Gasteiger charge is 2.48. The van der Waals surface area contributed by atoms with Crippen molar-refractivity contribution in [2.24, 2.45) is 0 Å². The minimum absolute atomic E-state index is 0.356. The summed E-state index contributed by atoms with van der Waals surface area (Å²) in [5.41, 5.74) is -13.6. The summed E-state index contributed by atoms with van der Waals surface area (Å²) in [6.07, 6.45) is 0. The molecule has 0 N–H and O–H groups in total. The molecule has 6 nitrogen and oxygen atoms in total. The van der Waals surface area contributed by atoms with E-state index in [2.05, 4.69) is 0 Å². The van der Waals surface area contributed by atoms with E-state index in [1.807, 2.05) is 0 Å². The van der Waals surface area contributed by atoms with Crippen molar-refractivity contribution in [2.45, 2.75) is 20.8 Å². The highest BCUT2D eigenvalue weighted by atomic mass is 32.2. The summed E-state index contributed by atoms with van der Waals surface area (Å²) in [6, 6.07) is 3.31. The Labute approximate surface area is 157 Å². The van der Waals surface area contributed by atoms with Crippen LogP contribution in [0, 0.1) is 0 Å². The Balaban J connectivity index is 2.33. The van der Waals surface area contributed by atoms with Gasteiger partial charge in [-0.3, -0.25) is 4.79 Å². The number of hydrogen-bond donors (Lipinski definition) is 0. The Morgan fingerprint density at radius 2 is 1.00 bits per heavy atom. The zero-order valence-electron chi connectivity index (χ0n) is 13.5. The Morgan fingerprint density at radius 1 is 0.655 bits per heavy atom. The maximum atomic E-state index is 12.7. The molecule has 0 unspecified atom stereocenters. The highest BCUT2D eigenvalue weighted by Crippen LogP contribution is 2.34. The molecule has 14 heteroatoms. The first-order chi connectivity index (χ1) is 13.1. The fourth-order valence-corrected chi connectivity index (χ4v) is 3.97. The maximum absolute atomic E-state index is 12.7. The van der Waals surface area contributed by atoms with Crippen LogP contribution in [0.4, 0.5) is 26.3 Å². The van der Waals surface area contributed by atoms with Crippen molar-refractivity contribution < 1.29 is 47.6 Å². The Bertz CT molecular complexity index is 1310. The molecule has 0 aliphatic heterocycles. The van der Waals surface area contributed by atoms with Gasteiger partial charge in [0.25, 0.3) is 19.7 Å². The molecule has 1 aromatic heterocycles. The van der Waals surface area contributed by atoms with E-state index in [0.29, 0.717) is 24.3 Å². The third kappa shape index (κ3) is 3.25. The predicted octanol–water partition coefficient (Wildman–Crippen LogP) is 3.53. The molecule has 0 radical (unpaired) electrons. The van der Waals surface area contributed by atoms with Crippen LogP contribution in [0.2, 0.25) is 0 Å². The Kier molecular flexibility index (Phi) is 4.51. The van der Waals surface area contributed by atoms with Crippen LogP contribution in [-0.2, 0) is 19.7 Å². The minimum atomic E-state index is -5.79. The third-order valence-corrected chi connectivity index (χ3v) is 6.81. The standard InChI is InChI=1S/C15H6F6O6S2/c16-14(17,18)28(23,24)7-1-3-9-11(5-7)27-12-6-8(2-4-10(12)13(9)22)29(25,26)15(19,20)21/h1-6H. The number of halogens is 6. The van der Waals surface area contributed by atoms with Crippen LogP contribution in [0.25, 0.3) is 21.9 Å². The monoisotopic (exact) mass is 460 g/mol. The normalized spacial score (nSPS) is 13.9. The second kappa shape index (κ2) is 6.19. The first kappa shape index (κ1) is 21.1. The number of fused-ring (bicyclic) bond motifs is 2. The van der Waals surface area contributed by atoms with Crippen molar-refractivity contribution in [3.05, 3.63) is 46.6 Å². The van der Waals surface area contributed by atoms with Gasteiger partial charge in [0.05, 0.1) is 20.6 Å². The lowest BCUT2D eigenvalue weighted by Crippen LogP contribution is -2.23. The van der Waals surface area contributed by atoms with E-state index in [0.717, 1.165) is 12.1 Å². The molecule has 0 aliphatic carbocycles. The largest absolute Gasteiger partial charge is 0.501 e. The summed E-state index contributed by atoms with van der Waals surface area (Å²) in [4.78, 5) is 9.87. The summed E-state index contributed by atoms with van der Waals surface area (Å²) in [7, 11) is -11.6. The van der Waals surface area contributed by atoms with Crippen molar-refractivity contribution in [2.75, 3.05) is 0 Å². The molecule has 0 bridgehead atoms. The summed E-state index contributed by atoms with van der Waals surface area (Å²) in [6.45, 7) is 0. The van der Waals surface area contributed by atoms with Gasteiger partial charge in [0.2, 0.25) is 5.43 Å². The van der Waals surface area contributed by atoms with Gasteiger partial charge in [0.1, 0.15) is 11.2 Å². The van der Waals surface area contributed by atoms with Gasteiger partial charge in [-0.15, -0.1) is 0 Å². The molecular formula is C15H6F6O6S2. The number of sulfone groups is 2. The first-order valence-corrected chi connectivity index (χ1v) is 10.2. The Morgan fingerprint density at radius 3 is 1.31 bits per heavy atom. The second-order valence-electron chi connectivity index (χ2n) is 5.65. The van der Waals surface area contributed by atoms with E-state index in [-0.39, 0.29) is 10.8 Å². The van der Waals surface area contributed by atoms with E-state index in [1.54, 1.807) is 0 Å². The number of hydrogen-bond acceptors (Lipinski definition) is 6. The van der Waals surface area contributed by atoms with Gasteiger partial charge in [-0.1, -0.05) is 0 Å². The summed E-state index contributed by atoms with van der Waals surface area (Å²) in [5, 5.41) is -0.713. The summed E-state index contributed by atoms with van der Waals surface area (Å²) < 4.78 is 127. The zero-order valence-corrected chi connectivity index (χ0v) is 15.1. The SMILES string of the molecule is O=c1c2ccc(S(=O)(=O)C(F)(F)F)cc2oc2cc(S(=O)(=O)C(F)(F)F)ccc12. The molecular weight excluding hydrogens is 454 g/mol. The molecule has 0 saturated carbocycles. The number of alkyl halides is 6. The number of rotatable bonds is 2. The molecule has 2 aromatic carbocycles. The van der Waals surface area contributed by atoms with Gasteiger partial charge in [0, 0.05) is 12.1 Å². The number of benzene rings is 2. The average molecular weight is 460 g/mol. The van der Waals surface area contributed by atoms with Crippen LogP contribution >= 0.6 is 0 Å². The fraction of sp³-hybridized carbons (Fsp3) is 0.133. The van der Waals surface area contributed by atoms with E-state index >= 15 is 0 Å². The topological polar surface area (TPSA) is 98.5 Å². The van der Waals surface area contributed by atoms with Gasteiger partial charge < -0.3 is 4.42 Å². The van der Waals surface area contributed by atoms with Crippen molar-refractivity contribution in [1.82, 2.24) is 0 Å². The van der Waals surface area contributed by atoms with E-state index < -0.39 is 57.1 Å². The third-order valence-electron chi connectivity index (χ3n) is 3.85. The van der Waals surface area contributed by atoms with Gasteiger partial charge in [-0.25, -0.2) is 16.8 Å². The van der Waals surface area contributed by atoms with E-state index in [9.17, 15) is 48.0 Å². The molecule has 3 aromatic rings. The van der Waals surface area contributed by atoms with E-state index in [4.69, 9.17) is 4.42 Å². The van der Waals surface area contributed by atoms with Crippen LogP contribution in [0.1, 0.15) is 0 Å². The summed E-state index contributed by atoms with van der Waals surface area (Å²) in [5.74, 6) is 0. The van der Waals surface area contributed by atoms with Crippen molar-refractivity contribution in [1.29, 1.82) is 0 Å². The van der Waals surface area contributed by atoms with Crippen molar-refractivity contribution >= 4 is 41.6 Å². The molecule has 29 heavy (non-hydrogen) atoms.